The Kier molecular flexibility index (Phi) is 5.63. The average molecular weight is 388 g/mol. The topological polar surface area (TPSA) is 105 Å². The van der Waals surface area contributed by atoms with Crippen LogP contribution in [0.25, 0.3) is 0 Å². The number of rotatable bonds is 8. The van der Waals surface area contributed by atoms with Crippen molar-refractivity contribution in [2.45, 2.75) is 76.5 Å². The molecule has 7 nitrogen and oxygen atoms in total. The number of amides is 2. The average Bonchev–Trinajstić information content (AvgIpc) is 3.14. The molecule has 1 fully saturated rings. The van der Waals surface area contributed by atoms with Gasteiger partial charge in [0.25, 0.3) is 0 Å². The zero-order valence-electron chi connectivity index (χ0n) is 16.5. The van der Waals surface area contributed by atoms with E-state index in [1.807, 2.05) is 12.1 Å². The number of hydrogen-bond acceptors (Lipinski definition) is 4. The second-order valence-electron chi connectivity index (χ2n) is 8.48. The van der Waals surface area contributed by atoms with Crippen LogP contribution >= 0.6 is 0 Å². The molecule has 3 rings (SSSR count). The molecule has 0 bridgehead atoms. The first kappa shape index (κ1) is 20.2. The summed E-state index contributed by atoms with van der Waals surface area (Å²) in [5.74, 6) is -0.173. The van der Waals surface area contributed by atoms with E-state index in [2.05, 4.69) is 30.5 Å². The van der Waals surface area contributed by atoms with E-state index in [1.165, 1.54) is 0 Å². The third-order valence-corrected chi connectivity index (χ3v) is 5.50. The van der Waals surface area contributed by atoms with Gasteiger partial charge in [0.2, 0.25) is 11.8 Å². The van der Waals surface area contributed by atoms with Gasteiger partial charge in [-0.2, -0.15) is 0 Å². The first-order chi connectivity index (χ1) is 13.2. The highest BCUT2D eigenvalue weighted by Crippen LogP contribution is 2.35. The summed E-state index contributed by atoms with van der Waals surface area (Å²) in [6, 6.07) is 5.96. The van der Waals surface area contributed by atoms with Crippen molar-refractivity contribution >= 4 is 17.8 Å². The molecule has 2 heterocycles. The summed E-state index contributed by atoms with van der Waals surface area (Å²) in [5, 5.41) is 14.8. The van der Waals surface area contributed by atoms with Crippen LogP contribution in [0.1, 0.15) is 63.5 Å². The van der Waals surface area contributed by atoms with E-state index in [9.17, 15) is 14.4 Å². The summed E-state index contributed by atoms with van der Waals surface area (Å²) in [4.78, 5) is 34.8. The van der Waals surface area contributed by atoms with Crippen molar-refractivity contribution < 1.29 is 24.2 Å². The molecule has 1 aromatic carbocycles. The molecule has 28 heavy (non-hydrogen) atoms. The van der Waals surface area contributed by atoms with Crippen molar-refractivity contribution in [2.24, 2.45) is 0 Å². The van der Waals surface area contributed by atoms with Gasteiger partial charge in [0.05, 0.1) is 0 Å². The van der Waals surface area contributed by atoms with E-state index < -0.39 is 11.5 Å². The van der Waals surface area contributed by atoms with Gasteiger partial charge in [-0.25, -0.2) is 0 Å². The van der Waals surface area contributed by atoms with Crippen LogP contribution in [0.4, 0.5) is 0 Å². The van der Waals surface area contributed by atoms with Crippen LogP contribution in [0.3, 0.4) is 0 Å². The molecule has 2 amide bonds. The zero-order chi connectivity index (χ0) is 20.4. The molecule has 0 aromatic heterocycles. The maximum absolute atomic E-state index is 12.3. The SMILES string of the molecule is CC1(C)Cc2cc(CNC(=O)CCC3(CCC(=O)O)CCC(=O)N3)ccc2O1. The van der Waals surface area contributed by atoms with E-state index in [4.69, 9.17) is 9.84 Å². The standard InChI is InChI=1S/C21H28N2O5/c1-20(2)12-15-11-14(3-4-16(15)28-20)13-22-17(24)5-8-21(10-7-19(26)27)9-6-18(25)23-21/h3-4,11H,5-10,12-13H2,1-2H3,(H,22,24)(H,23,25)(H,26,27). The molecule has 0 spiro atoms. The number of ether oxygens (including phenoxy) is 1. The lowest BCUT2D eigenvalue weighted by Crippen LogP contribution is -2.43. The van der Waals surface area contributed by atoms with E-state index in [-0.39, 0.29) is 30.3 Å². The smallest absolute Gasteiger partial charge is 0.303 e. The van der Waals surface area contributed by atoms with Crippen LogP contribution in [0, 0.1) is 0 Å². The quantitative estimate of drug-likeness (QED) is 0.634. The highest BCUT2D eigenvalue weighted by molar-refractivity contribution is 5.80. The molecule has 2 aliphatic rings. The Morgan fingerprint density at radius 1 is 1.25 bits per heavy atom. The van der Waals surface area contributed by atoms with E-state index in [0.717, 1.165) is 23.3 Å². The van der Waals surface area contributed by atoms with Crippen molar-refractivity contribution in [3.8, 4) is 5.75 Å². The van der Waals surface area contributed by atoms with E-state index in [1.54, 1.807) is 0 Å². The molecule has 0 aliphatic carbocycles. The highest BCUT2D eigenvalue weighted by Gasteiger charge is 2.37. The lowest BCUT2D eigenvalue weighted by Gasteiger charge is -2.28. The minimum atomic E-state index is -0.895. The predicted molar refractivity (Wildman–Crippen MR) is 103 cm³/mol. The highest BCUT2D eigenvalue weighted by atomic mass is 16.5. The summed E-state index contributed by atoms with van der Waals surface area (Å²) in [5.41, 5.74) is 1.39. The fraction of sp³-hybridized carbons (Fsp3) is 0.571. The van der Waals surface area contributed by atoms with Gasteiger partial charge in [0, 0.05) is 37.8 Å². The van der Waals surface area contributed by atoms with Crippen LogP contribution in [0.2, 0.25) is 0 Å². The van der Waals surface area contributed by atoms with Gasteiger partial charge in [-0.3, -0.25) is 14.4 Å². The van der Waals surface area contributed by atoms with Gasteiger partial charge >= 0.3 is 5.97 Å². The molecule has 1 unspecified atom stereocenters. The summed E-state index contributed by atoms with van der Waals surface area (Å²) in [6.45, 7) is 4.54. The van der Waals surface area contributed by atoms with Crippen LogP contribution < -0.4 is 15.4 Å². The van der Waals surface area contributed by atoms with E-state index >= 15 is 0 Å². The van der Waals surface area contributed by atoms with Gasteiger partial charge in [0.15, 0.2) is 0 Å². The lowest BCUT2D eigenvalue weighted by molar-refractivity contribution is -0.137. The molecule has 3 N–H and O–H groups in total. The molecule has 2 aliphatic heterocycles. The number of carbonyl (C=O) groups is 3. The Morgan fingerprint density at radius 2 is 2.00 bits per heavy atom. The number of carboxylic acid groups (broad SMARTS) is 1. The molecule has 152 valence electrons. The fourth-order valence-electron chi connectivity index (χ4n) is 4.03. The lowest BCUT2D eigenvalue weighted by atomic mass is 9.86. The van der Waals surface area contributed by atoms with Gasteiger partial charge in [-0.15, -0.1) is 0 Å². The Hall–Kier alpha value is -2.57. The number of benzene rings is 1. The van der Waals surface area contributed by atoms with Crippen molar-refractivity contribution in [1.82, 2.24) is 10.6 Å². The van der Waals surface area contributed by atoms with Crippen molar-refractivity contribution in [2.75, 3.05) is 0 Å². The number of carboxylic acids is 1. The normalized spacial score (nSPS) is 22.3. The molecular formula is C21H28N2O5. The van der Waals surface area contributed by atoms with Crippen LogP contribution in [-0.2, 0) is 27.3 Å². The van der Waals surface area contributed by atoms with Crippen LogP contribution in [-0.4, -0.2) is 34.0 Å². The number of fused-ring (bicyclic) bond motifs is 1. The van der Waals surface area contributed by atoms with Crippen LogP contribution in [0.15, 0.2) is 18.2 Å². The van der Waals surface area contributed by atoms with Gasteiger partial charge in [-0.05, 0) is 50.3 Å². The molecule has 0 radical (unpaired) electrons. The Bertz CT molecular complexity index is 789. The largest absolute Gasteiger partial charge is 0.487 e. The molecule has 1 atom stereocenters. The Labute approximate surface area is 164 Å². The monoisotopic (exact) mass is 388 g/mol. The minimum Gasteiger partial charge on any atom is -0.487 e. The number of aliphatic carboxylic acids is 1. The molecule has 7 heteroatoms. The third kappa shape index (κ3) is 5.03. The Balaban J connectivity index is 1.50. The fourth-order valence-corrected chi connectivity index (χ4v) is 4.03. The maximum atomic E-state index is 12.3. The predicted octanol–water partition coefficient (Wildman–Crippen LogP) is 2.31. The second-order valence-corrected chi connectivity index (χ2v) is 8.48. The maximum Gasteiger partial charge on any atom is 0.303 e. The molecule has 0 saturated carbocycles. The zero-order valence-corrected chi connectivity index (χ0v) is 16.5. The summed E-state index contributed by atoms with van der Waals surface area (Å²) < 4.78 is 5.87. The first-order valence-corrected chi connectivity index (χ1v) is 9.77. The number of nitrogens with one attached hydrogen (secondary N) is 2. The van der Waals surface area contributed by atoms with Crippen molar-refractivity contribution in [1.29, 1.82) is 0 Å². The minimum absolute atomic E-state index is 0.0184. The Morgan fingerprint density at radius 3 is 2.68 bits per heavy atom. The van der Waals surface area contributed by atoms with Gasteiger partial charge < -0.3 is 20.5 Å². The summed E-state index contributed by atoms with van der Waals surface area (Å²) in [7, 11) is 0. The van der Waals surface area contributed by atoms with E-state index in [0.29, 0.717) is 32.2 Å². The summed E-state index contributed by atoms with van der Waals surface area (Å²) >= 11 is 0. The van der Waals surface area contributed by atoms with Crippen molar-refractivity contribution in [3.05, 3.63) is 29.3 Å². The first-order valence-electron chi connectivity index (χ1n) is 9.77. The van der Waals surface area contributed by atoms with Gasteiger partial charge in [0.1, 0.15) is 11.4 Å². The molecule has 1 aromatic rings. The molecule has 1 saturated heterocycles. The third-order valence-electron chi connectivity index (χ3n) is 5.50. The molecular weight excluding hydrogens is 360 g/mol. The van der Waals surface area contributed by atoms with Crippen molar-refractivity contribution in [3.63, 3.8) is 0 Å². The summed E-state index contributed by atoms with van der Waals surface area (Å²) in [6.07, 6.45) is 2.83. The van der Waals surface area contributed by atoms with Gasteiger partial charge in [-0.1, -0.05) is 12.1 Å². The van der Waals surface area contributed by atoms with Crippen LogP contribution in [0.5, 0.6) is 5.75 Å². The number of carbonyl (C=O) groups excluding carboxylic acids is 2. The second kappa shape index (κ2) is 7.81. The number of hydrogen-bond donors (Lipinski definition) is 3.